The Morgan fingerprint density at radius 1 is 1.00 bits per heavy atom. The van der Waals surface area contributed by atoms with Gasteiger partial charge in [0.25, 0.3) is 0 Å². The number of piperazine rings is 1. The molecule has 6 nitrogen and oxygen atoms in total. The molecule has 2 N–H and O–H groups in total. The summed E-state index contributed by atoms with van der Waals surface area (Å²) in [7, 11) is 0. The fourth-order valence-corrected chi connectivity index (χ4v) is 5.48. The summed E-state index contributed by atoms with van der Waals surface area (Å²) in [5.41, 5.74) is 1.67. The van der Waals surface area contributed by atoms with E-state index in [-0.39, 0.29) is 6.04 Å². The third-order valence-electron chi connectivity index (χ3n) is 7.14. The highest BCUT2D eigenvalue weighted by atomic mass is 16.3. The molecule has 1 aromatic heterocycles. The molecule has 6 heteroatoms. The average Bonchev–Trinajstić information content (AvgIpc) is 3.28. The number of benzene rings is 1. The number of aliphatic hydroxyl groups is 1. The first kappa shape index (κ1) is 20.1. The summed E-state index contributed by atoms with van der Waals surface area (Å²) < 4.78 is 0. The second-order valence-electron chi connectivity index (χ2n) is 9.22. The lowest BCUT2D eigenvalue weighted by Crippen LogP contribution is -2.52. The molecule has 0 bridgehead atoms. The highest BCUT2D eigenvalue weighted by Gasteiger charge is 2.49. The number of hydrogen-bond acceptors (Lipinski definition) is 6. The van der Waals surface area contributed by atoms with Crippen LogP contribution >= 0.6 is 0 Å². The summed E-state index contributed by atoms with van der Waals surface area (Å²) >= 11 is 0. The second-order valence-corrected chi connectivity index (χ2v) is 9.22. The maximum absolute atomic E-state index is 11.3. The highest BCUT2D eigenvalue weighted by molar-refractivity contribution is 5.30. The van der Waals surface area contributed by atoms with E-state index in [2.05, 4.69) is 49.4 Å². The first-order chi connectivity index (χ1) is 14.7. The van der Waals surface area contributed by atoms with Gasteiger partial charge in [-0.25, -0.2) is 9.97 Å². The second kappa shape index (κ2) is 8.71. The Morgan fingerprint density at radius 3 is 2.33 bits per heavy atom. The van der Waals surface area contributed by atoms with E-state index >= 15 is 0 Å². The first-order valence-corrected chi connectivity index (χ1v) is 11.5. The zero-order chi connectivity index (χ0) is 20.4. The van der Waals surface area contributed by atoms with Gasteiger partial charge < -0.3 is 10.4 Å². The Morgan fingerprint density at radius 2 is 1.67 bits per heavy atom. The van der Waals surface area contributed by atoms with E-state index in [1.807, 2.05) is 18.5 Å². The van der Waals surface area contributed by atoms with Crippen LogP contribution in [0.5, 0.6) is 0 Å². The zero-order valence-corrected chi connectivity index (χ0v) is 17.7. The predicted octanol–water partition coefficient (Wildman–Crippen LogP) is 2.32. The van der Waals surface area contributed by atoms with Crippen molar-refractivity contribution in [2.24, 2.45) is 5.92 Å². The molecular weight excluding hydrogens is 374 g/mol. The van der Waals surface area contributed by atoms with Gasteiger partial charge in [-0.05, 0) is 61.9 Å². The van der Waals surface area contributed by atoms with Crippen LogP contribution in [0.15, 0.2) is 42.7 Å². The lowest BCUT2D eigenvalue weighted by atomic mass is 9.64. The molecule has 160 valence electrons. The molecular formula is C24H33N5O. The molecule has 1 unspecified atom stereocenters. The Hall–Kier alpha value is -1.86. The normalized spacial score (nSPS) is 28.9. The molecule has 2 saturated heterocycles. The Labute approximate surface area is 179 Å². The van der Waals surface area contributed by atoms with Crippen molar-refractivity contribution < 1.29 is 5.11 Å². The molecule has 0 radical (unpaired) electrons. The summed E-state index contributed by atoms with van der Waals surface area (Å²) in [5, 5.41) is 14.8. The Bertz CT molecular complexity index is 809. The molecule has 2 aliphatic heterocycles. The van der Waals surface area contributed by atoms with E-state index in [1.54, 1.807) is 0 Å². The summed E-state index contributed by atoms with van der Waals surface area (Å²) in [5.74, 6) is 1.27. The number of aromatic nitrogens is 2. The van der Waals surface area contributed by atoms with Crippen molar-refractivity contribution in [3.05, 3.63) is 59.7 Å². The molecule has 3 fully saturated rings. The first-order valence-electron chi connectivity index (χ1n) is 11.5. The van der Waals surface area contributed by atoms with Crippen LogP contribution in [-0.4, -0.2) is 64.1 Å². The van der Waals surface area contributed by atoms with Crippen molar-refractivity contribution in [3.8, 4) is 0 Å². The lowest BCUT2D eigenvalue weighted by Gasteiger charge is -2.50. The maximum atomic E-state index is 11.3. The van der Waals surface area contributed by atoms with Gasteiger partial charge in [0.05, 0.1) is 11.6 Å². The molecule has 1 aromatic carbocycles. The van der Waals surface area contributed by atoms with Crippen LogP contribution in [-0.2, 0) is 12.1 Å². The minimum Gasteiger partial charge on any atom is -0.385 e. The summed E-state index contributed by atoms with van der Waals surface area (Å²) in [6.07, 6.45) is 7.84. The predicted molar refractivity (Wildman–Crippen MR) is 117 cm³/mol. The Kier molecular flexibility index (Phi) is 5.83. The van der Waals surface area contributed by atoms with Crippen LogP contribution in [0.4, 0.5) is 0 Å². The molecule has 3 aliphatic rings. The van der Waals surface area contributed by atoms with Gasteiger partial charge in [-0.1, -0.05) is 24.3 Å². The number of nitrogens with zero attached hydrogens (tertiary/aromatic N) is 4. The quantitative estimate of drug-likeness (QED) is 0.766. The van der Waals surface area contributed by atoms with Crippen molar-refractivity contribution in [2.45, 2.75) is 43.9 Å². The summed E-state index contributed by atoms with van der Waals surface area (Å²) in [6.45, 7) is 7.45. The van der Waals surface area contributed by atoms with Gasteiger partial charge in [0.15, 0.2) is 0 Å². The smallest absolute Gasteiger partial charge is 0.145 e. The third-order valence-corrected chi connectivity index (χ3v) is 7.14. The van der Waals surface area contributed by atoms with Crippen molar-refractivity contribution in [2.75, 3.05) is 39.3 Å². The van der Waals surface area contributed by atoms with E-state index in [0.717, 1.165) is 57.0 Å². The van der Waals surface area contributed by atoms with Gasteiger partial charge in [-0.2, -0.15) is 0 Å². The average molecular weight is 408 g/mol. The van der Waals surface area contributed by atoms with E-state index in [0.29, 0.717) is 5.92 Å². The monoisotopic (exact) mass is 407 g/mol. The van der Waals surface area contributed by atoms with Crippen LogP contribution in [0.1, 0.15) is 48.7 Å². The molecule has 3 heterocycles. The summed E-state index contributed by atoms with van der Waals surface area (Å²) in [6, 6.07) is 10.7. The number of nitrogens with one attached hydrogen (secondary N) is 1. The van der Waals surface area contributed by atoms with E-state index < -0.39 is 5.60 Å². The zero-order valence-electron chi connectivity index (χ0n) is 17.7. The Balaban J connectivity index is 1.27. The molecule has 1 aliphatic carbocycles. The van der Waals surface area contributed by atoms with Crippen LogP contribution in [0.25, 0.3) is 0 Å². The van der Waals surface area contributed by atoms with E-state index in [1.165, 1.54) is 31.5 Å². The minimum atomic E-state index is -0.724. The SMILES string of the molecule is OC1(c2ccc(CN3CCCC3)cc2)CC(C(c2ncccn2)N2CCNCC2)C1. The van der Waals surface area contributed by atoms with Crippen LogP contribution in [0, 0.1) is 5.92 Å². The van der Waals surface area contributed by atoms with Crippen molar-refractivity contribution in [1.29, 1.82) is 0 Å². The minimum absolute atomic E-state index is 0.183. The molecule has 5 rings (SSSR count). The van der Waals surface area contributed by atoms with E-state index in [4.69, 9.17) is 0 Å². The maximum Gasteiger partial charge on any atom is 0.145 e. The largest absolute Gasteiger partial charge is 0.385 e. The van der Waals surface area contributed by atoms with Crippen molar-refractivity contribution in [1.82, 2.24) is 25.1 Å². The van der Waals surface area contributed by atoms with E-state index in [9.17, 15) is 5.11 Å². The molecule has 1 atom stereocenters. The fourth-order valence-electron chi connectivity index (χ4n) is 5.48. The van der Waals surface area contributed by atoms with Crippen LogP contribution in [0.3, 0.4) is 0 Å². The lowest BCUT2D eigenvalue weighted by molar-refractivity contribution is -0.109. The molecule has 0 spiro atoms. The molecule has 30 heavy (non-hydrogen) atoms. The van der Waals surface area contributed by atoms with Crippen molar-refractivity contribution in [3.63, 3.8) is 0 Å². The van der Waals surface area contributed by atoms with Gasteiger partial charge >= 0.3 is 0 Å². The number of rotatable bonds is 6. The van der Waals surface area contributed by atoms with Gasteiger partial charge in [0.1, 0.15) is 5.82 Å². The van der Waals surface area contributed by atoms with Gasteiger partial charge in [-0.15, -0.1) is 0 Å². The van der Waals surface area contributed by atoms with Gasteiger partial charge in [0, 0.05) is 45.1 Å². The third kappa shape index (κ3) is 4.14. The molecule has 0 amide bonds. The number of likely N-dealkylation sites (tertiary alicyclic amines) is 1. The summed E-state index contributed by atoms with van der Waals surface area (Å²) in [4.78, 5) is 14.2. The standard InChI is InChI=1S/C24H33N5O/c30-24(21-6-4-19(5-7-21)18-28-12-1-2-13-28)16-20(17-24)22(23-26-8-3-9-27-23)29-14-10-25-11-15-29/h3-9,20,22,25,30H,1-2,10-18H2. The highest BCUT2D eigenvalue weighted by Crippen LogP contribution is 2.51. The van der Waals surface area contributed by atoms with Crippen LogP contribution in [0.2, 0.25) is 0 Å². The van der Waals surface area contributed by atoms with Crippen molar-refractivity contribution >= 4 is 0 Å². The molecule has 1 saturated carbocycles. The number of hydrogen-bond donors (Lipinski definition) is 2. The van der Waals surface area contributed by atoms with Gasteiger partial charge in [0.2, 0.25) is 0 Å². The van der Waals surface area contributed by atoms with Crippen LogP contribution < -0.4 is 5.32 Å². The molecule has 2 aromatic rings. The topological polar surface area (TPSA) is 64.5 Å². The van der Waals surface area contributed by atoms with Gasteiger partial charge in [-0.3, -0.25) is 9.80 Å². The fraction of sp³-hybridized carbons (Fsp3) is 0.583.